The van der Waals surface area contributed by atoms with Crippen molar-refractivity contribution in [2.75, 3.05) is 48.5 Å². The van der Waals surface area contributed by atoms with Crippen LogP contribution in [0.2, 0.25) is 0 Å². The third kappa shape index (κ3) is 4.69. The largest absolute Gasteiger partial charge is 0.378 e. The average Bonchev–Trinajstić information content (AvgIpc) is 2.73. The molecule has 0 atom stereocenters. The van der Waals surface area contributed by atoms with E-state index in [-0.39, 0.29) is 17.2 Å². The van der Waals surface area contributed by atoms with E-state index in [9.17, 15) is 19.7 Å². The average molecular weight is 398 g/mol. The molecule has 1 fully saturated rings. The van der Waals surface area contributed by atoms with Crippen LogP contribution < -0.4 is 15.1 Å². The molecule has 0 aromatic heterocycles. The molecular formula is C20H22N4O5. The molecule has 9 heteroatoms. The molecule has 0 aliphatic carbocycles. The highest BCUT2D eigenvalue weighted by Crippen LogP contribution is 2.27. The number of nitrogens with zero attached hydrogens (tertiary/aromatic N) is 3. The number of nitrogens with one attached hydrogen (secondary N) is 1. The zero-order valence-corrected chi connectivity index (χ0v) is 16.3. The van der Waals surface area contributed by atoms with Crippen LogP contribution in [0.4, 0.5) is 22.7 Å². The minimum Gasteiger partial charge on any atom is -0.378 e. The van der Waals surface area contributed by atoms with E-state index in [2.05, 4.69) is 5.32 Å². The zero-order valence-electron chi connectivity index (χ0n) is 16.3. The van der Waals surface area contributed by atoms with Crippen molar-refractivity contribution in [1.82, 2.24) is 0 Å². The molecule has 152 valence electrons. The van der Waals surface area contributed by atoms with Crippen molar-refractivity contribution in [3.8, 4) is 0 Å². The summed E-state index contributed by atoms with van der Waals surface area (Å²) >= 11 is 0. The van der Waals surface area contributed by atoms with Crippen LogP contribution in [0.5, 0.6) is 0 Å². The highest BCUT2D eigenvalue weighted by Gasteiger charge is 2.22. The number of carbonyl (C=O) groups is 2. The number of amides is 2. The number of ether oxygens (including phenoxy) is 1. The number of non-ortho nitro benzene ring substituents is 1. The topological polar surface area (TPSA) is 105 Å². The lowest BCUT2D eigenvalue weighted by Crippen LogP contribution is -2.37. The Morgan fingerprint density at radius 3 is 2.38 bits per heavy atom. The number of nitro groups is 1. The summed E-state index contributed by atoms with van der Waals surface area (Å²) in [6.07, 6.45) is 0. The molecule has 1 aliphatic rings. The molecule has 0 unspecified atom stereocenters. The van der Waals surface area contributed by atoms with Gasteiger partial charge in [0.2, 0.25) is 5.91 Å². The van der Waals surface area contributed by atoms with Gasteiger partial charge in [-0.1, -0.05) is 0 Å². The zero-order chi connectivity index (χ0) is 21.0. The van der Waals surface area contributed by atoms with Crippen molar-refractivity contribution in [3.05, 3.63) is 58.1 Å². The molecule has 1 N–H and O–H groups in total. The predicted octanol–water partition coefficient (Wildman–Crippen LogP) is 2.67. The molecule has 2 amide bonds. The standard InChI is InChI=1S/C20H22N4O5/c1-14(25)22(2)16-5-3-15(4-6-16)21-20(26)18-13-17(24(27)28)7-8-19(18)23-9-11-29-12-10-23/h3-8,13H,9-12H2,1-2H3,(H,21,26). The van der Waals surface area contributed by atoms with Gasteiger partial charge in [0.05, 0.1) is 29.4 Å². The SMILES string of the molecule is CC(=O)N(C)c1ccc(NC(=O)c2cc([N+](=O)[O-])ccc2N2CCOCC2)cc1. The first-order valence-corrected chi connectivity index (χ1v) is 9.13. The van der Waals surface area contributed by atoms with Crippen molar-refractivity contribution < 1.29 is 19.2 Å². The minimum absolute atomic E-state index is 0.103. The maximum atomic E-state index is 12.9. The van der Waals surface area contributed by atoms with Gasteiger partial charge in [-0.3, -0.25) is 19.7 Å². The second-order valence-corrected chi connectivity index (χ2v) is 6.64. The Morgan fingerprint density at radius 2 is 1.79 bits per heavy atom. The van der Waals surface area contributed by atoms with E-state index >= 15 is 0 Å². The summed E-state index contributed by atoms with van der Waals surface area (Å²) < 4.78 is 5.35. The van der Waals surface area contributed by atoms with Gasteiger partial charge in [-0.2, -0.15) is 0 Å². The first-order valence-electron chi connectivity index (χ1n) is 9.13. The van der Waals surface area contributed by atoms with Crippen LogP contribution in [-0.4, -0.2) is 50.1 Å². The molecule has 0 saturated carbocycles. The third-order valence-corrected chi connectivity index (χ3v) is 4.77. The van der Waals surface area contributed by atoms with Gasteiger partial charge in [0.15, 0.2) is 0 Å². The maximum Gasteiger partial charge on any atom is 0.270 e. The number of benzene rings is 2. The van der Waals surface area contributed by atoms with Crippen LogP contribution in [-0.2, 0) is 9.53 Å². The number of rotatable bonds is 5. The van der Waals surface area contributed by atoms with E-state index in [0.717, 1.165) is 0 Å². The molecule has 1 saturated heterocycles. The number of morpholine rings is 1. The Labute approximate surface area is 168 Å². The fourth-order valence-corrected chi connectivity index (χ4v) is 3.05. The Kier molecular flexibility index (Phi) is 6.08. The van der Waals surface area contributed by atoms with E-state index in [4.69, 9.17) is 4.74 Å². The number of hydrogen-bond donors (Lipinski definition) is 1. The van der Waals surface area contributed by atoms with Gasteiger partial charge in [-0.25, -0.2) is 0 Å². The molecule has 2 aromatic rings. The number of carbonyl (C=O) groups excluding carboxylic acids is 2. The summed E-state index contributed by atoms with van der Waals surface area (Å²) in [5.41, 5.74) is 1.93. The van der Waals surface area contributed by atoms with Gasteiger partial charge in [0.25, 0.3) is 11.6 Å². The van der Waals surface area contributed by atoms with Gasteiger partial charge >= 0.3 is 0 Å². The Morgan fingerprint density at radius 1 is 1.14 bits per heavy atom. The molecule has 0 spiro atoms. The first kappa shape index (κ1) is 20.3. The summed E-state index contributed by atoms with van der Waals surface area (Å²) in [6.45, 7) is 3.73. The predicted molar refractivity (Wildman–Crippen MR) is 110 cm³/mol. The quantitative estimate of drug-likeness (QED) is 0.613. The minimum atomic E-state index is -0.522. The first-order chi connectivity index (χ1) is 13.9. The van der Waals surface area contributed by atoms with E-state index in [1.807, 2.05) is 4.90 Å². The van der Waals surface area contributed by atoms with Gasteiger partial charge in [-0.05, 0) is 30.3 Å². The molecule has 1 aliphatic heterocycles. The molecule has 3 rings (SSSR count). The van der Waals surface area contributed by atoms with Gasteiger partial charge in [0, 0.05) is 50.6 Å². The van der Waals surface area contributed by atoms with Crippen LogP contribution in [0.1, 0.15) is 17.3 Å². The van der Waals surface area contributed by atoms with Crippen molar-refractivity contribution in [1.29, 1.82) is 0 Å². The number of hydrogen-bond acceptors (Lipinski definition) is 6. The highest BCUT2D eigenvalue weighted by atomic mass is 16.6. The molecule has 1 heterocycles. The van der Waals surface area contributed by atoms with Crippen LogP contribution in [0.3, 0.4) is 0 Å². The second-order valence-electron chi connectivity index (χ2n) is 6.64. The molecule has 0 radical (unpaired) electrons. The number of nitro benzene ring substituents is 1. The molecule has 2 aromatic carbocycles. The molecule has 0 bridgehead atoms. The van der Waals surface area contributed by atoms with Crippen molar-refractivity contribution in [2.24, 2.45) is 0 Å². The smallest absolute Gasteiger partial charge is 0.270 e. The van der Waals surface area contributed by atoms with Crippen molar-refractivity contribution in [2.45, 2.75) is 6.92 Å². The van der Waals surface area contributed by atoms with Crippen LogP contribution in [0.25, 0.3) is 0 Å². The second kappa shape index (κ2) is 8.70. The van der Waals surface area contributed by atoms with Crippen LogP contribution >= 0.6 is 0 Å². The van der Waals surface area contributed by atoms with Crippen molar-refractivity contribution >= 4 is 34.6 Å². The monoisotopic (exact) mass is 398 g/mol. The van der Waals surface area contributed by atoms with Crippen LogP contribution in [0.15, 0.2) is 42.5 Å². The number of anilines is 3. The summed E-state index contributed by atoms with van der Waals surface area (Å²) in [6, 6.07) is 11.1. The molecule has 29 heavy (non-hydrogen) atoms. The van der Waals surface area contributed by atoms with Gasteiger partial charge in [-0.15, -0.1) is 0 Å². The molecule has 9 nitrogen and oxygen atoms in total. The van der Waals surface area contributed by atoms with E-state index in [1.54, 1.807) is 37.4 Å². The normalized spacial score (nSPS) is 13.7. The fourth-order valence-electron chi connectivity index (χ4n) is 3.05. The summed E-state index contributed by atoms with van der Waals surface area (Å²) in [7, 11) is 1.66. The Hall–Kier alpha value is -3.46. The highest BCUT2D eigenvalue weighted by molar-refractivity contribution is 6.08. The summed E-state index contributed by atoms with van der Waals surface area (Å²) in [4.78, 5) is 38.5. The Balaban J connectivity index is 1.86. The fraction of sp³-hybridized carbons (Fsp3) is 0.300. The maximum absolute atomic E-state index is 12.9. The lowest BCUT2D eigenvalue weighted by molar-refractivity contribution is -0.384. The summed E-state index contributed by atoms with van der Waals surface area (Å²) in [5, 5.41) is 14.0. The van der Waals surface area contributed by atoms with Crippen LogP contribution in [0, 0.1) is 10.1 Å². The molecular weight excluding hydrogens is 376 g/mol. The van der Waals surface area contributed by atoms with E-state index < -0.39 is 10.8 Å². The Bertz CT molecular complexity index is 923. The third-order valence-electron chi connectivity index (χ3n) is 4.77. The summed E-state index contributed by atoms with van der Waals surface area (Å²) in [5.74, 6) is -0.545. The van der Waals surface area contributed by atoms with Crippen molar-refractivity contribution in [3.63, 3.8) is 0 Å². The van der Waals surface area contributed by atoms with E-state index in [1.165, 1.54) is 24.0 Å². The van der Waals surface area contributed by atoms with E-state index in [0.29, 0.717) is 43.4 Å². The lowest BCUT2D eigenvalue weighted by Gasteiger charge is -2.30. The van der Waals surface area contributed by atoms with Gasteiger partial charge in [0.1, 0.15) is 0 Å². The van der Waals surface area contributed by atoms with Gasteiger partial charge < -0.3 is 19.9 Å². The lowest BCUT2D eigenvalue weighted by atomic mass is 10.1.